The predicted octanol–water partition coefficient (Wildman–Crippen LogP) is 1.30. The molecule has 0 radical (unpaired) electrons. The van der Waals surface area contributed by atoms with Crippen molar-refractivity contribution in [2.75, 3.05) is 6.61 Å². The third-order valence-corrected chi connectivity index (χ3v) is 5.84. The van der Waals surface area contributed by atoms with Crippen molar-refractivity contribution in [2.24, 2.45) is 7.05 Å². The molecule has 1 aromatic carbocycles. The molecule has 0 bridgehead atoms. The van der Waals surface area contributed by atoms with Crippen LogP contribution in [-0.2, 0) is 29.5 Å². The zero-order valence-electron chi connectivity index (χ0n) is 16.3. The number of aliphatic carboxylic acids is 1. The molecule has 2 N–H and O–H groups in total. The van der Waals surface area contributed by atoms with Crippen LogP contribution in [0.2, 0.25) is 0 Å². The average Bonchev–Trinajstić information content (AvgIpc) is 3.09. The van der Waals surface area contributed by atoms with Crippen LogP contribution in [0, 0.1) is 0 Å². The molecule has 2 heterocycles. The van der Waals surface area contributed by atoms with E-state index < -0.39 is 35.8 Å². The van der Waals surface area contributed by atoms with E-state index in [1.54, 1.807) is 37.3 Å². The molecule has 1 atom stereocenters. The van der Waals surface area contributed by atoms with Gasteiger partial charge in [0.05, 0.1) is 18.1 Å². The molecule has 3 aromatic rings. The number of carboxylic acids is 1. The van der Waals surface area contributed by atoms with Gasteiger partial charge < -0.3 is 14.9 Å². The summed E-state index contributed by atoms with van der Waals surface area (Å²) in [4.78, 5) is 49.4. The molecular weight excluding hydrogens is 412 g/mol. The third kappa shape index (κ3) is 3.91. The molecule has 9 nitrogen and oxygen atoms in total. The van der Waals surface area contributed by atoms with E-state index in [0.717, 1.165) is 20.5 Å². The number of esters is 1. The van der Waals surface area contributed by atoms with Crippen molar-refractivity contribution in [1.82, 2.24) is 9.13 Å². The van der Waals surface area contributed by atoms with Gasteiger partial charge in [0.1, 0.15) is 16.3 Å². The SMILES string of the molecule is CCOC(=O)c1sc2c(c1C[C@@H](O)c1ccccc1)c(=O)n(C)c(=O)n2CC(=O)O. The van der Waals surface area contributed by atoms with Gasteiger partial charge in [0.25, 0.3) is 5.56 Å². The molecule has 0 aliphatic carbocycles. The van der Waals surface area contributed by atoms with Crippen molar-refractivity contribution in [1.29, 1.82) is 0 Å². The fourth-order valence-electron chi connectivity index (χ4n) is 3.20. The summed E-state index contributed by atoms with van der Waals surface area (Å²) in [6.07, 6.45) is -1.11. The number of aliphatic hydroxyl groups is 1. The number of rotatable bonds is 7. The largest absolute Gasteiger partial charge is 0.480 e. The van der Waals surface area contributed by atoms with Crippen LogP contribution < -0.4 is 11.2 Å². The maximum absolute atomic E-state index is 12.9. The van der Waals surface area contributed by atoms with Crippen molar-refractivity contribution in [3.8, 4) is 0 Å². The molecule has 3 rings (SSSR count). The van der Waals surface area contributed by atoms with Crippen molar-refractivity contribution >= 4 is 33.5 Å². The lowest BCUT2D eigenvalue weighted by Gasteiger charge is -2.12. The topological polar surface area (TPSA) is 128 Å². The van der Waals surface area contributed by atoms with Crippen LogP contribution in [0.3, 0.4) is 0 Å². The number of carbonyl (C=O) groups is 2. The molecule has 0 aliphatic rings. The van der Waals surface area contributed by atoms with Gasteiger partial charge in [0.2, 0.25) is 0 Å². The van der Waals surface area contributed by atoms with E-state index in [-0.39, 0.29) is 33.7 Å². The van der Waals surface area contributed by atoms with Crippen LogP contribution in [0.5, 0.6) is 0 Å². The second-order valence-corrected chi connectivity index (χ2v) is 7.57. The van der Waals surface area contributed by atoms with Gasteiger partial charge in [-0.05, 0) is 18.1 Å². The number of ether oxygens (including phenoxy) is 1. The van der Waals surface area contributed by atoms with Gasteiger partial charge in [-0.25, -0.2) is 9.59 Å². The summed E-state index contributed by atoms with van der Waals surface area (Å²) < 4.78 is 6.82. The van der Waals surface area contributed by atoms with E-state index in [1.165, 1.54) is 7.05 Å². The normalized spacial score (nSPS) is 12.1. The third-order valence-electron chi connectivity index (χ3n) is 4.61. The van der Waals surface area contributed by atoms with Crippen LogP contribution in [-0.4, -0.2) is 37.9 Å². The van der Waals surface area contributed by atoms with Crippen molar-refractivity contribution in [2.45, 2.75) is 26.0 Å². The highest BCUT2D eigenvalue weighted by Gasteiger charge is 2.27. The molecule has 158 valence electrons. The highest BCUT2D eigenvalue weighted by atomic mass is 32.1. The van der Waals surface area contributed by atoms with Crippen LogP contribution in [0.1, 0.15) is 33.8 Å². The highest BCUT2D eigenvalue weighted by molar-refractivity contribution is 7.20. The number of fused-ring (bicyclic) bond motifs is 1. The van der Waals surface area contributed by atoms with Gasteiger partial charge in [0, 0.05) is 13.5 Å². The number of nitrogens with zero attached hydrogens (tertiary/aromatic N) is 2. The molecular formula is C20H20N2O7S. The molecule has 0 saturated heterocycles. The molecule has 0 fully saturated rings. The number of carboxylic acid groups (broad SMARTS) is 1. The van der Waals surface area contributed by atoms with Gasteiger partial charge in [-0.1, -0.05) is 30.3 Å². The first kappa shape index (κ1) is 21.5. The Labute approximate surface area is 174 Å². The first-order valence-corrected chi connectivity index (χ1v) is 9.95. The van der Waals surface area contributed by atoms with Crippen LogP contribution in [0.4, 0.5) is 0 Å². The van der Waals surface area contributed by atoms with Crippen LogP contribution >= 0.6 is 11.3 Å². The summed E-state index contributed by atoms with van der Waals surface area (Å²) in [7, 11) is 1.24. The first-order chi connectivity index (χ1) is 14.3. The highest BCUT2D eigenvalue weighted by Crippen LogP contribution is 2.32. The lowest BCUT2D eigenvalue weighted by Crippen LogP contribution is -2.39. The Balaban J connectivity index is 2.30. The fraction of sp³-hybridized carbons (Fsp3) is 0.300. The predicted molar refractivity (Wildman–Crippen MR) is 110 cm³/mol. The average molecular weight is 432 g/mol. The number of aliphatic hydroxyl groups excluding tert-OH is 1. The minimum Gasteiger partial charge on any atom is -0.480 e. The Bertz CT molecular complexity index is 1220. The van der Waals surface area contributed by atoms with E-state index in [2.05, 4.69) is 0 Å². The molecule has 2 aromatic heterocycles. The molecule has 0 unspecified atom stereocenters. The fourth-order valence-corrected chi connectivity index (χ4v) is 4.41. The summed E-state index contributed by atoms with van der Waals surface area (Å²) in [5.74, 6) is -1.97. The molecule has 30 heavy (non-hydrogen) atoms. The van der Waals surface area contributed by atoms with Crippen molar-refractivity contribution in [3.63, 3.8) is 0 Å². The number of thiophene rings is 1. The van der Waals surface area contributed by atoms with E-state index >= 15 is 0 Å². The molecule has 0 amide bonds. The lowest BCUT2D eigenvalue weighted by molar-refractivity contribution is -0.137. The minimum absolute atomic E-state index is 0.0291. The van der Waals surface area contributed by atoms with Crippen molar-refractivity contribution in [3.05, 3.63) is 67.2 Å². The Morgan fingerprint density at radius 3 is 2.47 bits per heavy atom. The van der Waals surface area contributed by atoms with Gasteiger partial charge in [-0.15, -0.1) is 11.3 Å². The maximum atomic E-state index is 12.9. The second kappa shape index (κ2) is 8.64. The molecule has 0 spiro atoms. The van der Waals surface area contributed by atoms with Gasteiger partial charge in [-0.3, -0.25) is 18.7 Å². The zero-order valence-corrected chi connectivity index (χ0v) is 17.1. The van der Waals surface area contributed by atoms with E-state index in [0.29, 0.717) is 5.56 Å². The Hall–Kier alpha value is -3.24. The monoisotopic (exact) mass is 432 g/mol. The summed E-state index contributed by atoms with van der Waals surface area (Å²) in [5, 5.41) is 19.9. The second-order valence-electron chi connectivity index (χ2n) is 6.57. The van der Waals surface area contributed by atoms with E-state index in [4.69, 9.17) is 4.74 Å². The number of hydrogen-bond acceptors (Lipinski definition) is 7. The summed E-state index contributed by atoms with van der Waals surface area (Å²) in [5.41, 5.74) is -0.660. The number of hydrogen-bond donors (Lipinski definition) is 2. The van der Waals surface area contributed by atoms with Crippen LogP contribution in [0.25, 0.3) is 10.2 Å². The lowest BCUT2D eigenvalue weighted by atomic mass is 10.00. The first-order valence-electron chi connectivity index (χ1n) is 9.13. The minimum atomic E-state index is -1.27. The van der Waals surface area contributed by atoms with E-state index in [9.17, 15) is 29.4 Å². The van der Waals surface area contributed by atoms with Gasteiger partial charge >= 0.3 is 17.6 Å². The zero-order chi connectivity index (χ0) is 22.0. The number of aromatic nitrogens is 2. The van der Waals surface area contributed by atoms with Crippen molar-refractivity contribution < 1.29 is 24.5 Å². The number of benzene rings is 1. The molecule has 10 heteroatoms. The van der Waals surface area contributed by atoms with Gasteiger partial charge in [0.15, 0.2) is 0 Å². The summed E-state index contributed by atoms with van der Waals surface area (Å²) in [6, 6.07) is 8.71. The van der Waals surface area contributed by atoms with Gasteiger partial charge in [-0.2, -0.15) is 0 Å². The molecule has 0 aliphatic heterocycles. The summed E-state index contributed by atoms with van der Waals surface area (Å²) in [6.45, 7) is 1.05. The Morgan fingerprint density at radius 2 is 1.87 bits per heavy atom. The Morgan fingerprint density at radius 1 is 1.20 bits per heavy atom. The Kier molecular flexibility index (Phi) is 6.18. The standard InChI is InChI=1S/C20H20N2O7S/c1-3-29-19(27)16-12(9-13(23)11-7-5-4-6-8-11)15-17(26)21(2)20(28)22(10-14(24)25)18(15)30-16/h4-8,13,23H,3,9-10H2,1-2H3,(H,24,25)/t13-/m1/s1. The summed E-state index contributed by atoms with van der Waals surface area (Å²) >= 11 is 0.815. The quantitative estimate of drug-likeness (QED) is 0.539. The van der Waals surface area contributed by atoms with E-state index in [1.807, 2.05) is 0 Å². The van der Waals surface area contributed by atoms with Crippen LogP contribution in [0.15, 0.2) is 39.9 Å². The molecule has 0 saturated carbocycles. The number of carbonyl (C=O) groups excluding carboxylic acids is 1. The smallest absolute Gasteiger partial charge is 0.348 e. The maximum Gasteiger partial charge on any atom is 0.348 e.